The second-order valence-corrected chi connectivity index (χ2v) is 7.93. The van der Waals surface area contributed by atoms with Crippen LogP contribution >= 0.6 is 11.8 Å². The maximum atomic E-state index is 12.3. The fraction of sp³-hybridized carbons (Fsp3) is 0.333. The van der Waals surface area contributed by atoms with Gasteiger partial charge < -0.3 is 10.1 Å². The molecule has 3 aromatic rings. The van der Waals surface area contributed by atoms with Gasteiger partial charge in [0.25, 0.3) is 11.7 Å². The summed E-state index contributed by atoms with van der Waals surface area (Å²) in [6, 6.07) is 4.76. The van der Waals surface area contributed by atoms with Gasteiger partial charge in [0.05, 0.1) is 6.42 Å². The van der Waals surface area contributed by atoms with Crippen molar-refractivity contribution >= 4 is 41.1 Å². The van der Waals surface area contributed by atoms with Gasteiger partial charge in [-0.25, -0.2) is 14.3 Å². The van der Waals surface area contributed by atoms with Crippen molar-refractivity contribution in [3.8, 4) is 0 Å². The van der Waals surface area contributed by atoms with Gasteiger partial charge in [0.15, 0.2) is 6.61 Å². The Labute approximate surface area is 189 Å². The molecule has 0 aliphatic heterocycles. The maximum Gasteiger partial charge on any atom is 0.325 e. The zero-order valence-corrected chi connectivity index (χ0v) is 19.3. The predicted molar refractivity (Wildman–Crippen MR) is 120 cm³/mol. The van der Waals surface area contributed by atoms with E-state index in [4.69, 9.17) is 4.74 Å². The van der Waals surface area contributed by atoms with Crippen molar-refractivity contribution in [1.29, 1.82) is 0 Å². The molecule has 0 fully saturated rings. The lowest BCUT2D eigenvalue weighted by Crippen LogP contribution is -2.37. The van der Waals surface area contributed by atoms with Crippen LogP contribution in [0, 0.1) is 27.7 Å². The highest BCUT2D eigenvalue weighted by Crippen LogP contribution is 2.18. The maximum absolute atomic E-state index is 12.3. The standard InChI is InChI=1S/C21H24N6O4S/c1-11-7-6-8-16(12(11)2)23-20(30)24-17(28)10-31-18(29)9-15-13(3)22-19-25-21(32-5)26-27(19)14(15)4/h6-8H,9-10H2,1-5H3,(H2,23,24,28,30). The number of aromatic nitrogens is 4. The third kappa shape index (κ3) is 5.22. The molecule has 1 aromatic carbocycles. The molecule has 0 saturated heterocycles. The molecule has 0 aliphatic rings. The molecule has 11 heteroatoms. The summed E-state index contributed by atoms with van der Waals surface area (Å²) in [6.45, 7) is 6.80. The number of anilines is 1. The third-order valence-electron chi connectivity index (χ3n) is 5.00. The molecule has 168 valence electrons. The van der Waals surface area contributed by atoms with Crippen LogP contribution in [0.2, 0.25) is 0 Å². The first-order valence-electron chi connectivity index (χ1n) is 9.79. The lowest BCUT2D eigenvalue weighted by molar-refractivity contribution is -0.147. The van der Waals surface area contributed by atoms with Crippen molar-refractivity contribution < 1.29 is 19.1 Å². The minimum absolute atomic E-state index is 0.0863. The molecule has 0 unspecified atom stereocenters. The van der Waals surface area contributed by atoms with Gasteiger partial charge in [-0.05, 0) is 51.1 Å². The first-order valence-corrected chi connectivity index (χ1v) is 11.0. The first kappa shape index (κ1) is 23.2. The monoisotopic (exact) mass is 456 g/mol. The predicted octanol–water partition coefficient (Wildman–Crippen LogP) is 2.51. The van der Waals surface area contributed by atoms with E-state index in [1.807, 2.05) is 33.1 Å². The second-order valence-electron chi connectivity index (χ2n) is 7.16. The fourth-order valence-electron chi connectivity index (χ4n) is 3.08. The number of nitrogens with one attached hydrogen (secondary N) is 2. The summed E-state index contributed by atoms with van der Waals surface area (Å²) < 4.78 is 6.62. The van der Waals surface area contributed by atoms with Crippen LogP contribution < -0.4 is 10.6 Å². The molecule has 0 spiro atoms. The van der Waals surface area contributed by atoms with E-state index >= 15 is 0 Å². The molecule has 2 aromatic heterocycles. The summed E-state index contributed by atoms with van der Waals surface area (Å²) in [7, 11) is 0. The van der Waals surface area contributed by atoms with E-state index in [1.54, 1.807) is 23.6 Å². The lowest BCUT2D eigenvalue weighted by atomic mass is 10.1. The molecule has 10 nitrogen and oxygen atoms in total. The highest BCUT2D eigenvalue weighted by atomic mass is 32.2. The number of esters is 1. The molecule has 3 rings (SSSR count). The number of thioether (sulfide) groups is 1. The van der Waals surface area contributed by atoms with Crippen molar-refractivity contribution in [2.75, 3.05) is 18.2 Å². The molecule has 32 heavy (non-hydrogen) atoms. The molecule has 0 atom stereocenters. The normalized spacial score (nSPS) is 10.8. The van der Waals surface area contributed by atoms with Gasteiger partial charge in [-0.15, -0.1) is 5.10 Å². The molecule has 0 aliphatic carbocycles. The van der Waals surface area contributed by atoms with Gasteiger partial charge in [-0.2, -0.15) is 4.98 Å². The Balaban J connectivity index is 1.56. The Morgan fingerprint density at radius 3 is 2.59 bits per heavy atom. The van der Waals surface area contributed by atoms with E-state index in [0.717, 1.165) is 16.8 Å². The average molecular weight is 457 g/mol. The van der Waals surface area contributed by atoms with E-state index in [-0.39, 0.29) is 6.42 Å². The number of amides is 3. The highest BCUT2D eigenvalue weighted by molar-refractivity contribution is 7.98. The van der Waals surface area contributed by atoms with Crippen LogP contribution in [0.1, 0.15) is 28.1 Å². The quantitative estimate of drug-likeness (QED) is 0.428. The van der Waals surface area contributed by atoms with Crippen LogP contribution in [0.25, 0.3) is 5.78 Å². The highest BCUT2D eigenvalue weighted by Gasteiger charge is 2.18. The van der Waals surface area contributed by atoms with E-state index in [2.05, 4.69) is 25.7 Å². The number of benzene rings is 1. The van der Waals surface area contributed by atoms with E-state index in [0.29, 0.717) is 27.9 Å². The number of aryl methyl sites for hydroxylation is 3. The molecule has 3 amide bonds. The van der Waals surface area contributed by atoms with Gasteiger partial charge in [0.2, 0.25) is 5.16 Å². The fourth-order valence-corrected chi connectivity index (χ4v) is 3.41. The summed E-state index contributed by atoms with van der Waals surface area (Å²) in [5.41, 5.74) is 4.50. The summed E-state index contributed by atoms with van der Waals surface area (Å²) in [6.07, 6.45) is 1.78. The Bertz CT molecular complexity index is 1210. The molecule has 2 N–H and O–H groups in total. The number of nitrogens with zero attached hydrogens (tertiary/aromatic N) is 4. The Morgan fingerprint density at radius 1 is 1.12 bits per heavy atom. The van der Waals surface area contributed by atoms with Gasteiger partial charge >= 0.3 is 12.0 Å². The number of rotatable bonds is 6. The van der Waals surface area contributed by atoms with Gasteiger partial charge in [-0.3, -0.25) is 14.9 Å². The van der Waals surface area contributed by atoms with Crippen molar-refractivity contribution in [1.82, 2.24) is 24.9 Å². The van der Waals surface area contributed by atoms with Crippen LogP contribution in [-0.2, 0) is 20.7 Å². The van der Waals surface area contributed by atoms with E-state index in [9.17, 15) is 14.4 Å². The molecular formula is C21H24N6O4S. The molecule has 2 heterocycles. The van der Waals surface area contributed by atoms with Gasteiger partial charge in [-0.1, -0.05) is 23.9 Å². The number of ether oxygens (including phenoxy) is 1. The largest absolute Gasteiger partial charge is 0.455 e. The lowest BCUT2D eigenvalue weighted by Gasteiger charge is -2.12. The summed E-state index contributed by atoms with van der Waals surface area (Å²) in [5.74, 6) is -0.896. The zero-order valence-electron chi connectivity index (χ0n) is 18.5. The molecular weight excluding hydrogens is 432 g/mol. The van der Waals surface area contributed by atoms with Crippen LogP contribution in [0.4, 0.5) is 10.5 Å². The van der Waals surface area contributed by atoms with Crippen LogP contribution in [0.15, 0.2) is 23.4 Å². The number of hydrogen-bond donors (Lipinski definition) is 2. The van der Waals surface area contributed by atoms with Crippen LogP contribution in [-0.4, -0.2) is 50.4 Å². The SMILES string of the molecule is CSc1nc2nc(C)c(CC(=O)OCC(=O)NC(=O)Nc3cccc(C)c3C)c(C)n2n1. The zero-order chi connectivity index (χ0) is 23.4. The Kier molecular flexibility index (Phi) is 7.08. The van der Waals surface area contributed by atoms with Crippen molar-refractivity contribution in [2.45, 2.75) is 39.3 Å². The number of fused-ring (bicyclic) bond motifs is 1. The number of carbonyl (C=O) groups is 3. The summed E-state index contributed by atoms with van der Waals surface area (Å²) >= 11 is 1.39. The number of hydrogen-bond acceptors (Lipinski definition) is 8. The van der Waals surface area contributed by atoms with E-state index in [1.165, 1.54) is 11.8 Å². The molecule has 0 bridgehead atoms. The number of urea groups is 1. The average Bonchev–Trinajstić information content (AvgIpc) is 3.16. The number of imide groups is 1. The first-order chi connectivity index (χ1) is 15.2. The van der Waals surface area contributed by atoms with Crippen molar-refractivity contribution in [3.63, 3.8) is 0 Å². The second kappa shape index (κ2) is 9.77. The summed E-state index contributed by atoms with van der Waals surface area (Å²) in [4.78, 5) is 45.0. The minimum Gasteiger partial charge on any atom is -0.455 e. The smallest absolute Gasteiger partial charge is 0.325 e. The van der Waals surface area contributed by atoms with Crippen molar-refractivity contribution in [2.24, 2.45) is 0 Å². The Morgan fingerprint density at radius 2 is 1.88 bits per heavy atom. The Hall–Kier alpha value is -3.47. The minimum atomic E-state index is -0.732. The molecule has 0 radical (unpaired) electrons. The van der Waals surface area contributed by atoms with Gasteiger partial charge in [0.1, 0.15) is 0 Å². The van der Waals surface area contributed by atoms with Crippen molar-refractivity contribution in [3.05, 3.63) is 46.3 Å². The molecule has 0 saturated carbocycles. The third-order valence-corrected chi connectivity index (χ3v) is 5.54. The van der Waals surface area contributed by atoms with E-state index < -0.39 is 24.5 Å². The number of carbonyl (C=O) groups excluding carboxylic acids is 3. The van der Waals surface area contributed by atoms with Crippen LogP contribution in [0.5, 0.6) is 0 Å². The topological polar surface area (TPSA) is 128 Å². The van der Waals surface area contributed by atoms with Gasteiger partial charge in [0, 0.05) is 22.6 Å². The van der Waals surface area contributed by atoms with Crippen LogP contribution in [0.3, 0.4) is 0 Å². The summed E-state index contributed by atoms with van der Waals surface area (Å²) in [5, 5.41) is 9.68.